The Morgan fingerprint density at radius 1 is 1.60 bits per heavy atom. The maximum atomic E-state index is 4.95. The van der Waals surface area contributed by atoms with E-state index in [1.807, 2.05) is 13.3 Å². The highest BCUT2D eigenvalue weighted by Gasteiger charge is 1.98. The molecule has 0 fully saturated rings. The van der Waals surface area contributed by atoms with Crippen LogP contribution in [-0.2, 0) is 0 Å². The normalized spacial score (nSPS) is 9.40. The molecule has 0 saturated carbocycles. The third-order valence-electron chi connectivity index (χ3n) is 1.21. The van der Waals surface area contributed by atoms with Crippen molar-refractivity contribution in [3.8, 4) is 5.88 Å². The lowest BCUT2D eigenvalue weighted by molar-refractivity contribution is 0.394. The summed E-state index contributed by atoms with van der Waals surface area (Å²) in [6, 6.07) is 0. The molecule has 53 valence electrons. The quantitative estimate of drug-likeness (QED) is 0.611. The standard InChI is InChI=1S/C7H9N2O/c1-3-6-4-8-5-9-7(6)10-2/h3-5H,1-2H3. The molecular weight excluding hydrogens is 128 g/mol. The summed E-state index contributed by atoms with van der Waals surface area (Å²) in [5.41, 5.74) is 0.921. The van der Waals surface area contributed by atoms with E-state index in [0.29, 0.717) is 5.88 Å². The van der Waals surface area contributed by atoms with Gasteiger partial charge in [0.15, 0.2) is 0 Å². The second-order valence-corrected chi connectivity index (χ2v) is 1.78. The number of nitrogens with zero attached hydrogens (tertiary/aromatic N) is 2. The minimum absolute atomic E-state index is 0.623. The predicted octanol–water partition coefficient (Wildman–Crippen LogP) is 1.06. The summed E-state index contributed by atoms with van der Waals surface area (Å²) in [4.78, 5) is 7.75. The molecule has 1 rings (SSSR count). The first-order valence-electron chi connectivity index (χ1n) is 3.02. The van der Waals surface area contributed by atoms with Crippen molar-refractivity contribution in [1.82, 2.24) is 9.97 Å². The van der Waals surface area contributed by atoms with Crippen LogP contribution in [0.15, 0.2) is 12.5 Å². The number of hydrogen-bond donors (Lipinski definition) is 0. The summed E-state index contributed by atoms with van der Waals surface area (Å²) in [7, 11) is 1.59. The zero-order valence-electron chi connectivity index (χ0n) is 6.03. The lowest BCUT2D eigenvalue weighted by atomic mass is 10.2. The molecule has 0 aliphatic heterocycles. The molecule has 0 atom stereocenters. The van der Waals surface area contributed by atoms with Crippen molar-refractivity contribution in [2.24, 2.45) is 0 Å². The molecule has 1 aromatic heterocycles. The first-order chi connectivity index (χ1) is 4.88. The number of aromatic nitrogens is 2. The Kier molecular flexibility index (Phi) is 2.20. The molecule has 0 N–H and O–H groups in total. The summed E-state index contributed by atoms with van der Waals surface area (Å²) < 4.78 is 4.95. The second kappa shape index (κ2) is 3.15. The van der Waals surface area contributed by atoms with Gasteiger partial charge >= 0.3 is 0 Å². The highest BCUT2D eigenvalue weighted by Crippen LogP contribution is 2.12. The first-order valence-corrected chi connectivity index (χ1v) is 3.02. The Labute approximate surface area is 60.1 Å². The number of methoxy groups -OCH3 is 1. The third-order valence-corrected chi connectivity index (χ3v) is 1.21. The van der Waals surface area contributed by atoms with E-state index in [4.69, 9.17) is 4.74 Å². The number of ether oxygens (including phenoxy) is 1. The lowest BCUT2D eigenvalue weighted by Gasteiger charge is -2.01. The van der Waals surface area contributed by atoms with Crippen LogP contribution >= 0.6 is 0 Å². The molecule has 3 heteroatoms. The van der Waals surface area contributed by atoms with Gasteiger partial charge in [-0.05, 0) is 6.42 Å². The van der Waals surface area contributed by atoms with Crippen LogP contribution in [0, 0.1) is 6.42 Å². The minimum atomic E-state index is 0.623. The molecular formula is C7H9N2O. The average Bonchev–Trinajstić information content (AvgIpc) is 2.04. The van der Waals surface area contributed by atoms with Crippen LogP contribution in [0.4, 0.5) is 0 Å². The monoisotopic (exact) mass is 137 g/mol. The molecule has 1 heterocycles. The molecule has 3 nitrogen and oxygen atoms in total. The second-order valence-electron chi connectivity index (χ2n) is 1.78. The fourth-order valence-corrected chi connectivity index (χ4v) is 0.698. The van der Waals surface area contributed by atoms with Crippen molar-refractivity contribution in [2.45, 2.75) is 6.92 Å². The molecule has 0 aliphatic carbocycles. The molecule has 0 saturated heterocycles. The highest BCUT2D eigenvalue weighted by molar-refractivity contribution is 5.28. The molecule has 0 amide bonds. The SMILES string of the molecule is C[CH]c1cncnc1OC. The van der Waals surface area contributed by atoms with Gasteiger partial charge in [0.2, 0.25) is 5.88 Å². The van der Waals surface area contributed by atoms with Crippen molar-refractivity contribution in [3.63, 3.8) is 0 Å². The molecule has 0 aromatic carbocycles. The van der Waals surface area contributed by atoms with E-state index in [0.717, 1.165) is 5.56 Å². The summed E-state index contributed by atoms with van der Waals surface area (Å²) >= 11 is 0. The smallest absolute Gasteiger partial charge is 0.219 e. The Morgan fingerprint density at radius 3 is 2.90 bits per heavy atom. The Morgan fingerprint density at radius 2 is 2.40 bits per heavy atom. The summed E-state index contributed by atoms with van der Waals surface area (Å²) in [5, 5.41) is 0. The average molecular weight is 137 g/mol. The van der Waals surface area contributed by atoms with E-state index in [9.17, 15) is 0 Å². The molecule has 0 spiro atoms. The molecule has 0 aliphatic rings. The summed E-state index contributed by atoms with van der Waals surface area (Å²) in [6.45, 7) is 1.92. The Bertz CT molecular complexity index is 190. The highest BCUT2D eigenvalue weighted by atomic mass is 16.5. The van der Waals surface area contributed by atoms with Gasteiger partial charge in [0.25, 0.3) is 0 Å². The van der Waals surface area contributed by atoms with Crippen molar-refractivity contribution in [2.75, 3.05) is 7.11 Å². The summed E-state index contributed by atoms with van der Waals surface area (Å²) in [5.74, 6) is 0.623. The van der Waals surface area contributed by atoms with Crippen LogP contribution in [0.2, 0.25) is 0 Å². The third kappa shape index (κ3) is 1.23. The van der Waals surface area contributed by atoms with E-state index in [1.54, 1.807) is 13.3 Å². The van der Waals surface area contributed by atoms with E-state index < -0.39 is 0 Å². The van der Waals surface area contributed by atoms with Gasteiger partial charge < -0.3 is 4.74 Å². The number of hydrogen-bond acceptors (Lipinski definition) is 3. The van der Waals surface area contributed by atoms with Gasteiger partial charge in [0.05, 0.1) is 7.11 Å². The summed E-state index contributed by atoms with van der Waals surface area (Å²) in [6.07, 6.45) is 5.08. The van der Waals surface area contributed by atoms with Gasteiger partial charge in [-0.25, -0.2) is 9.97 Å². The maximum absolute atomic E-state index is 4.95. The van der Waals surface area contributed by atoms with Gasteiger partial charge in [-0.15, -0.1) is 0 Å². The zero-order chi connectivity index (χ0) is 7.40. The first kappa shape index (κ1) is 6.99. The lowest BCUT2D eigenvalue weighted by Crippen LogP contribution is -1.92. The van der Waals surface area contributed by atoms with E-state index >= 15 is 0 Å². The van der Waals surface area contributed by atoms with Crippen molar-refractivity contribution in [3.05, 3.63) is 24.5 Å². The largest absolute Gasteiger partial charge is 0.481 e. The Balaban J connectivity index is 2.96. The fourth-order valence-electron chi connectivity index (χ4n) is 0.698. The van der Waals surface area contributed by atoms with E-state index in [1.165, 1.54) is 6.33 Å². The Hall–Kier alpha value is -1.12. The van der Waals surface area contributed by atoms with Crippen molar-refractivity contribution >= 4 is 0 Å². The van der Waals surface area contributed by atoms with Gasteiger partial charge in [0.1, 0.15) is 6.33 Å². The van der Waals surface area contributed by atoms with Gasteiger partial charge in [-0.3, -0.25) is 0 Å². The fraction of sp³-hybridized carbons (Fsp3) is 0.286. The zero-order valence-corrected chi connectivity index (χ0v) is 6.03. The minimum Gasteiger partial charge on any atom is -0.481 e. The molecule has 10 heavy (non-hydrogen) atoms. The van der Waals surface area contributed by atoms with E-state index in [2.05, 4.69) is 9.97 Å². The van der Waals surface area contributed by atoms with Gasteiger partial charge in [-0.1, -0.05) is 6.92 Å². The predicted molar refractivity (Wildman–Crippen MR) is 37.7 cm³/mol. The van der Waals surface area contributed by atoms with Crippen LogP contribution in [0.25, 0.3) is 0 Å². The van der Waals surface area contributed by atoms with Crippen LogP contribution in [0.1, 0.15) is 12.5 Å². The molecule has 0 unspecified atom stereocenters. The van der Waals surface area contributed by atoms with Crippen LogP contribution in [0.3, 0.4) is 0 Å². The number of rotatable bonds is 2. The molecule has 1 radical (unpaired) electrons. The molecule has 1 aromatic rings. The van der Waals surface area contributed by atoms with Crippen molar-refractivity contribution in [1.29, 1.82) is 0 Å². The molecule has 0 bridgehead atoms. The van der Waals surface area contributed by atoms with Gasteiger partial charge in [-0.2, -0.15) is 0 Å². The van der Waals surface area contributed by atoms with Crippen LogP contribution in [-0.4, -0.2) is 17.1 Å². The van der Waals surface area contributed by atoms with Gasteiger partial charge in [0, 0.05) is 11.8 Å². The van der Waals surface area contributed by atoms with Crippen LogP contribution < -0.4 is 4.74 Å². The van der Waals surface area contributed by atoms with Crippen LogP contribution in [0.5, 0.6) is 5.88 Å². The van der Waals surface area contributed by atoms with E-state index in [-0.39, 0.29) is 0 Å². The topological polar surface area (TPSA) is 35.0 Å². The van der Waals surface area contributed by atoms with Crippen molar-refractivity contribution < 1.29 is 4.74 Å². The maximum Gasteiger partial charge on any atom is 0.219 e.